The van der Waals surface area contributed by atoms with Gasteiger partial charge in [-0.05, 0) is 13.3 Å². The number of hydrogen-bond donors (Lipinski definition) is 0. The van der Waals surface area contributed by atoms with E-state index in [-0.39, 0.29) is 11.9 Å². The number of thiazole rings is 1. The number of aromatic nitrogens is 1. The van der Waals surface area contributed by atoms with Crippen molar-refractivity contribution < 1.29 is 9.53 Å². The Kier molecular flexibility index (Phi) is 4.91. The third kappa shape index (κ3) is 3.72. The van der Waals surface area contributed by atoms with E-state index in [1.54, 1.807) is 7.11 Å². The fraction of sp³-hybridized carbons (Fsp3) is 0.636. The number of ether oxygens (including phenoxy) is 1. The van der Waals surface area contributed by atoms with Crippen molar-refractivity contribution in [2.45, 2.75) is 39.2 Å². The van der Waals surface area contributed by atoms with Crippen molar-refractivity contribution in [1.82, 2.24) is 4.98 Å². The summed E-state index contributed by atoms with van der Waals surface area (Å²) in [5, 5.41) is 2.85. The van der Waals surface area contributed by atoms with Gasteiger partial charge in [0.2, 0.25) is 0 Å². The Morgan fingerprint density at radius 3 is 2.87 bits per heavy atom. The van der Waals surface area contributed by atoms with Crippen LogP contribution in [0.1, 0.15) is 30.5 Å². The minimum Gasteiger partial charge on any atom is -0.374 e. The third-order valence-electron chi connectivity index (χ3n) is 2.19. The van der Waals surface area contributed by atoms with Crippen LogP contribution >= 0.6 is 11.3 Å². The molecule has 0 aromatic carbocycles. The van der Waals surface area contributed by atoms with Gasteiger partial charge < -0.3 is 4.74 Å². The molecule has 0 spiro atoms. The fourth-order valence-corrected chi connectivity index (χ4v) is 2.20. The summed E-state index contributed by atoms with van der Waals surface area (Å²) in [6.45, 7) is 3.98. The van der Waals surface area contributed by atoms with E-state index in [1.165, 1.54) is 11.3 Å². The average Bonchev–Trinajstić information content (AvgIpc) is 2.60. The number of carbonyl (C=O) groups excluding carboxylic acids is 1. The average molecular weight is 227 g/mol. The molecule has 4 heteroatoms. The molecular weight excluding hydrogens is 210 g/mol. The Hall–Kier alpha value is -0.740. The van der Waals surface area contributed by atoms with Gasteiger partial charge in [0.1, 0.15) is 11.1 Å². The van der Waals surface area contributed by atoms with Crippen molar-refractivity contribution in [3.8, 4) is 0 Å². The SMILES string of the molecule is CCCC(OC)C(=O)Cc1nc(C)cs1. The number of aryl methyl sites for hydroxylation is 1. The predicted molar refractivity (Wildman–Crippen MR) is 61.3 cm³/mol. The molecule has 1 aromatic heterocycles. The van der Waals surface area contributed by atoms with Crippen LogP contribution in [0.2, 0.25) is 0 Å². The molecule has 0 fully saturated rings. The van der Waals surface area contributed by atoms with Crippen molar-refractivity contribution in [2.24, 2.45) is 0 Å². The second-order valence-electron chi connectivity index (χ2n) is 3.54. The normalized spacial score (nSPS) is 12.7. The van der Waals surface area contributed by atoms with Crippen LogP contribution in [0.3, 0.4) is 0 Å². The first-order valence-electron chi connectivity index (χ1n) is 5.13. The van der Waals surface area contributed by atoms with E-state index in [1.807, 2.05) is 19.2 Å². The fourth-order valence-electron chi connectivity index (χ4n) is 1.42. The number of methoxy groups -OCH3 is 1. The quantitative estimate of drug-likeness (QED) is 0.749. The summed E-state index contributed by atoms with van der Waals surface area (Å²) in [5.41, 5.74) is 0.979. The lowest BCUT2D eigenvalue weighted by atomic mass is 10.1. The topological polar surface area (TPSA) is 39.2 Å². The molecule has 1 rings (SSSR count). The van der Waals surface area contributed by atoms with Gasteiger partial charge in [-0.1, -0.05) is 13.3 Å². The van der Waals surface area contributed by atoms with Crippen LogP contribution in [0, 0.1) is 6.92 Å². The highest BCUT2D eigenvalue weighted by molar-refractivity contribution is 7.09. The van der Waals surface area contributed by atoms with Crippen molar-refractivity contribution in [1.29, 1.82) is 0 Å². The van der Waals surface area contributed by atoms with Crippen molar-refractivity contribution in [2.75, 3.05) is 7.11 Å². The van der Waals surface area contributed by atoms with Gasteiger partial charge in [-0.2, -0.15) is 0 Å². The molecule has 1 atom stereocenters. The molecule has 0 amide bonds. The second-order valence-corrected chi connectivity index (χ2v) is 4.48. The maximum Gasteiger partial charge on any atom is 0.168 e. The van der Waals surface area contributed by atoms with E-state index < -0.39 is 0 Å². The molecule has 15 heavy (non-hydrogen) atoms. The van der Waals surface area contributed by atoms with Crippen LogP contribution < -0.4 is 0 Å². The molecule has 0 radical (unpaired) electrons. The largest absolute Gasteiger partial charge is 0.374 e. The molecule has 84 valence electrons. The standard InChI is InChI=1S/C11H17NO2S/c1-4-5-10(14-3)9(13)6-11-12-8(2)7-15-11/h7,10H,4-6H2,1-3H3. The Morgan fingerprint density at radius 2 is 2.40 bits per heavy atom. The molecule has 1 unspecified atom stereocenters. The molecule has 0 N–H and O–H groups in total. The summed E-state index contributed by atoms with van der Waals surface area (Å²) in [4.78, 5) is 16.1. The van der Waals surface area contributed by atoms with Gasteiger partial charge in [0.15, 0.2) is 5.78 Å². The molecule has 0 bridgehead atoms. The maximum absolute atomic E-state index is 11.8. The van der Waals surface area contributed by atoms with Crippen LogP contribution in [-0.2, 0) is 16.0 Å². The summed E-state index contributed by atoms with van der Waals surface area (Å²) in [6, 6.07) is 0. The Balaban J connectivity index is 2.53. The first kappa shape index (κ1) is 12.3. The van der Waals surface area contributed by atoms with Crippen LogP contribution in [0.15, 0.2) is 5.38 Å². The first-order valence-corrected chi connectivity index (χ1v) is 6.01. The van der Waals surface area contributed by atoms with E-state index in [0.29, 0.717) is 6.42 Å². The zero-order chi connectivity index (χ0) is 11.3. The van der Waals surface area contributed by atoms with Gasteiger partial charge in [-0.3, -0.25) is 4.79 Å². The lowest BCUT2D eigenvalue weighted by molar-refractivity contribution is -0.128. The number of hydrogen-bond acceptors (Lipinski definition) is 4. The molecule has 0 aliphatic rings. The Morgan fingerprint density at radius 1 is 1.67 bits per heavy atom. The van der Waals surface area contributed by atoms with Crippen molar-refractivity contribution in [3.05, 3.63) is 16.1 Å². The first-order chi connectivity index (χ1) is 7.17. The number of rotatable bonds is 6. The summed E-state index contributed by atoms with van der Waals surface area (Å²) >= 11 is 1.54. The monoisotopic (exact) mass is 227 g/mol. The minimum atomic E-state index is -0.265. The molecule has 0 saturated heterocycles. The van der Waals surface area contributed by atoms with E-state index >= 15 is 0 Å². The summed E-state index contributed by atoms with van der Waals surface area (Å²) in [6.07, 6.45) is 1.89. The maximum atomic E-state index is 11.8. The van der Waals surface area contributed by atoms with Gasteiger partial charge in [0, 0.05) is 18.2 Å². The van der Waals surface area contributed by atoms with Gasteiger partial charge in [0.25, 0.3) is 0 Å². The number of nitrogens with zero attached hydrogens (tertiary/aromatic N) is 1. The van der Waals surface area contributed by atoms with Gasteiger partial charge in [-0.25, -0.2) is 4.98 Å². The van der Waals surface area contributed by atoms with E-state index in [2.05, 4.69) is 4.98 Å². The molecule has 0 aliphatic heterocycles. The van der Waals surface area contributed by atoms with Crippen molar-refractivity contribution >= 4 is 17.1 Å². The van der Waals surface area contributed by atoms with Crippen LogP contribution in [0.25, 0.3) is 0 Å². The van der Waals surface area contributed by atoms with E-state index in [0.717, 1.165) is 23.5 Å². The number of Topliss-reactive ketones (excluding diaryl/α,β-unsaturated/α-hetero) is 1. The second kappa shape index (κ2) is 5.98. The smallest absolute Gasteiger partial charge is 0.168 e. The molecule has 0 saturated carbocycles. The highest BCUT2D eigenvalue weighted by Gasteiger charge is 2.18. The number of ketones is 1. The predicted octanol–water partition coefficient (Wildman–Crippen LogP) is 2.38. The zero-order valence-corrected chi connectivity index (χ0v) is 10.3. The lowest BCUT2D eigenvalue weighted by Crippen LogP contribution is -2.24. The Bertz CT molecular complexity index is 322. The highest BCUT2D eigenvalue weighted by Crippen LogP contribution is 2.12. The van der Waals surface area contributed by atoms with Crippen LogP contribution in [-0.4, -0.2) is 24.0 Å². The molecular formula is C11H17NO2S. The number of carbonyl (C=O) groups is 1. The third-order valence-corrected chi connectivity index (χ3v) is 3.15. The minimum absolute atomic E-state index is 0.133. The summed E-state index contributed by atoms with van der Waals surface area (Å²) in [7, 11) is 1.59. The van der Waals surface area contributed by atoms with Gasteiger partial charge in [0.05, 0.1) is 6.42 Å². The van der Waals surface area contributed by atoms with Gasteiger partial charge >= 0.3 is 0 Å². The molecule has 1 aromatic rings. The van der Waals surface area contributed by atoms with Crippen molar-refractivity contribution in [3.63, 3.8) is 0 Å². The highest BCUT2D eigenvalue weighted by atomic mass is 32.1. The summed E-state index contributed by atoms with van der Waals surface area (Å²) in [5.74, 6) is 0.133. The van der Waals surface area contributed by atoms with Gasteiger partial charge in [-0.15, -0.1) is 11.3 Å². The van der Waals surface area contributed by atoms with E-state index in [9.17, 15) is 4.79 Å². The summed E-state index contributed by atoms with van der Waals surface area (Å²) < 4.78 is 5.16. The Labute approximate surface area is 94.5 Å². The lowest BCUT2D eigenvalue weighted by Gasteiger charge is -2.11. The van der Waals surface area contributed by atoms with E-state index in [4.69, 9.17) is 4.74 Å². The zero-order valence-electron chi connectivity index (χ0n) is 9.45. The molecule has 3 nitrogen and oxygen atoms in total. The molecule has 0 aliphatic carbocycles. The van der Waals surface area contributed by atoms with Crippen LogP contribution in [0.4, 0.5) is 0 Å². The molecule has 1 heterocycles. The van der Waals surface area contributed by atoms with Crippen LogP contribution in [0.5, 0.6) is 0 Å².